The second-order valence-electron chi connectivity index (χ2n) is 4.70. The highest BCUT2D eigenvalue weighted by Gasteiger charge is 2.03. The number of nitrogens with one attached hydrogen (secondary N) is 1. The first-order chi connectivity index (χ1) is 10.3. The van der Waals surface area contributed by atoms with Crippen molar-refractivity contribution in [1.82, 2.24) is 4.98 Å². The molecular weight excluding hydrogens is 265 g/mol. The van der Waals surface area contributed by atoms with Crippen molar-refractivity contribution in [3.05, 3.63) is 71.7 Å². The molecule has 0 fully saturated rings. The van der Waals surface area contributed by atoms with E-state index in [1.165, 1.54) is 6.07 Å². The molecule has 0 bridgehead atoms. The summed E-state index contributed by atoms with van der Waals surface area (Å²) < 4.78 is 13.3. The number of fused-ring (bicyclic) bond motifs is 1. The van der Waals surface area contributed by atoms with Crippen LogP contribution in [0.25, 0.3) is 10.9 Å². The molecule has 0 saturated heterocycles. The number of aromatic nitrogens is 1. The fraction of sp³-hybridized carbons (Fsp3) is 0.0588. The van der Waals surface area contributed by atoms with Crippen molar-refractivity contribution < 1.29 is 4.39 Å². The van der Waals surface area contributed by atoms with E-state index in [2.05, 4.69) is 10.3 Å². The number of para-hydroxylation sites is 1. The molecule has 3 aromatic rings. The van der Waals surface area contributed by atoms with Crippen LogP contribution in [0.4, 0.5) is 10.1 Å². The first kappa shape index (κ1) is 13.1. The number of anilines is 1. The van der Waals surface area contributed by atoms with Gasteiger partial charge in [-0.2, -0.15) is 5.26 Å². The largest absolute Gasteiger partial charge is 0.380 e. The van der Waals surface area contributed by atoms with Gasteiger partial charge < -0.3 is 5.32 Å². The Kier molecular flexibility index (Phi) is 3.48. The van der Waals surface area contributed by atoms with Crippen LogP contribution >= 0.6 is 0 Å². The van der Waals surface area contributed by atoms with Gasteiger partial charge >= 0.3 is 0 Å². The van der Waals surface area contributed by atoms with Gasteiger partial charge in [-0.15, -0.1) is 0 Å². The number of nitriles is 1. The third-order valence-corrected chi connectivity index (χ3v) is 3.24. The Bertz CT molecular complexity index is 837. The fourth-order valence-corrected chi connectivity index (χ4v) is 2.14. The van der Waals surface area contributed by atoms with Crippen LogP contribution in [-0.2, 0) is 6.54 Å². The SMILES string of the molecule is N#Cc1cc(CNc2cnc3ccccc3c2)ccc1F. The van der Waals surface area contributed by atoms with E-state index in [0.29, 0.717) is 6.54 Å². The number of rotatable bonds is 3. The van der Waals surface area contributed by atoms with Crippen LogP contribution < -0.4 is 5.32 Å². The molecule has 0 radical (unpaired) electrons. The molecule has 2 aromatic carbocycles. The lowest BCUT2D eigenvalue weighted by atomic mass is 10.1. The van der Waals surface area contributed by atoms with E-state index in [-0.39, 0.29) is 5.56 Å². The van der Waals surface area contributed by atoms with Gasteiger partial charge in [0.2, 0.25) is 0 Å². The Morgan fingerprint density at radius 1 is 1.14 bits per heavy atom. The van der Waals surface area contributed by atoms with Gasteiger partial charge in [-0.3, -0.25) is 4.98 Å². The molecule has 0 spiro atoms. The van der Waals surface area contributed by atoms with Crippen molar-refractivity contribution in [2.75, 3.05) is 5.32 Å². The van der Waals surface area contributed by atoms with Crippen molar-refractivity contribution >= 4 is 16.6 Å². The standard InChI is InChI=1S/C17H12FN3/c18-16-6-5-12(7-14(16)9-19)10-20-15-8-13-3-1-2-4-17(13)21-11-15/h1-8,11,20H,10H2. The molecule has 3 rings (SSSR count). The van der Waals surface area contributed by atoms with Crippen molar-refractivity contribution in [3.8, 4) is 6.07 Å². The van der Waals surface area contributed by atoms with Crippen molar-refractivity contribution in [1.29, 1.82) is 5.26 Å². The predicted octanol–water partition coefficient (Wildman–Crippen LogP) is 3.86. The maximum atomic E-state index is 13.3. The monoisotopic (exact) mass is 277 g/mol. The van der Waals surface area contributed by atoms with Crippen LogP contribution in [0.1, 0.15) is 11.1 Å². The molecular formula is C17H12FN3. The number of benzene rings is 2. The summed E-state index contributed by atoms with van der Waals surface area (Å²) in [7, 11) is 0. The second-order valence-corrected chi connectivity index (χ2v) is 4.70. The van der Waals surface area contributed by atoms with Gasteiger partial charge in [0.1, 0.15) is 11.9 Å². The Balaban J connectivity index is 1.78. The highest BCUT2D eigenvalue weighted by atomic mass is 19.1. The van der Waals surface area contributed by atoms with Gasteiger partial charge in [0.05, 0.1) is 23.0 Å². The molecule has 0 aliphatic rings. The third kappa shape index (κ3) is 2.82. The summed E-state index contributed by atoms with van der Waals surface area (Å²) in [5.41, 5.74) is 2.74. The maximum absolute atomic E-state index is 13.3. The van der Waals surface area contributed by atoms with Gasteiger partial charge in [-0.1, -0.05) is 24.3 Å². The first-order valence-electron chi connectivity index (χ1n) is 6.53. The van der Waals surface area contributed by atoms with E-state index in [4.69, 9.17) is 5.26 Å². The molecule has 1 N–H and O–H groups in total. The lowest BCUT2D eigenvalue weighted by Gasteiger charge is -2.08. The molecule has 21 heavy (non-hydrogen) atoms. The van der Waals surface area contributed by atoms with E-state index in [9.17, 15) is 4.39 Å². The predicted molar refractivity (Wildman–Crippen MR) is 80.2 cm³/mol. The van der Waals surface area contributed by atoms with E-state index < -0.39 is 5.82 Å². The fourth-order valence-electron chi connectivity index (χ4n) is 2.14. The van der Waals surface area contributed by atoms with Crippen LogP contribution in [0, 0.1) is 17.1 Å². The van der Waals surface area contributed by atoms with Gasteiger partial charge in [-0.05, 0) is 29.8 Å². The zero-order chi connectivity index (χ0) is 14.7. The van der Waals surface area contributed by atoms with E-state index in [1.807, 2.05) is 36.4 Å². The Labute approximate surface area is 121 Å². The lowest BCUT2D eigenvalue weighted by Crippen LogP contribution is -2.01. The van der Waals surface area contributed by atoms with Crippen LogP contribution in [0.15, 0.2) is 54.7 Å². The number of halogens is 1. The van der Waals surface area contributed by atoms with Crippen molar-refractivity contribution in [3.63, 3.8) is 0 Å². The maximum Gasteiger partial charge on any atom is 0.140 e. The summed E-state index contributed by atoms with van der Waals surface area (Å²) in [5, 5.41) is 13.1. The van der Waals surface area contributed by atoms with E-state index in [1.54, 1.807) is 18.3 Å². The number of hydrogen-bond donors (Lipinski definition) is 1. The molecule has 1 aromatic heterocycles. The molecule has 0 saturated carbocycles. The van der Waals surface area contributed by atoms with Crippen LogP contribution in [0.3, 0.4) is 0 Å². The van der Waals surface area contributed by atoms with Crippen LogP contribution in [0.2, 0.25) is 0 Å². The number of pyridine rings is 1. The highest BCUT2D eigenvalue weighted by molar-refractivity contribution is 5.81. The molecule has 0 atom stereocenters. The molecule has 1 heterocycles. The minimum atomic E-state index is -0.492. The summed E-state index contributed by atoms with van der Waals surface area (Å²) in [6.45, 7) is 0.509. The molecule has 0 aliphatic carbocycles. The first-order valence-corrected chi connectivity index (χ1v) is 6.53. The van der Waals surface area contributed by atoms with Gasteiger partial charge in [-0.25, -0.2) is 4.39 Å². The topological polar surface area (TPSA) is 48.7 Å². The second kappa shape index (κ2) is 5.59. The van der Waals surface area contributed by atoms with E-state index in [0.717, 1.165) is 22.2 Å². The quantitative estimate of drug-likeness (QED) is 0.791. The normalized spacial score (nSPS) is 10.3. The summed E-state index contributed by atoms with van der Waals surface area (Å²) in [4.78, 5) is 4.37. The number of hydrogen-bond acceptors (Lipinski definition) is 3. The van der Waals surface area contributed by atoms with Crippen LogP contribution in [-0.4, -0.2) is 4.98 Å². The summed E-state index contributed by atoms with van der Waals surface area (Å²) in [6.07, 6.45) is 1.76. The Morgan fingerprint density at radius 3 is 2.86 bits per heavy atom. The molecule has 4 heteroatoms. The summed E-state index contributed by atoms with van der Waals surface area (Å²) >= 11 is 0. The molecule has 0 aliphatic heterocycles. The average molecular weight is 277 g/mol. The van der Waals surface area contributed by atoms with Gasteiger partial charge in [0.25, 0.3) is 0 Å². The van der Waals surface area contributed by atoms with Crippen LogP contribution in [0.5, 0.6) is 0 Å². The van der Waals surface area contributed by atoms with Gasteiger partial charge in [0, 0.05) is 11.9 Å². The minimum Gasteiger partial charge on any atom is -0.380 e. The van der Waals surface area contributed by atoms with E-state index >= 15 is 0 Å². The van der Waals surface area contributed by atoms with Gasteiger partial charge in [0.15, 0.2) is 0 Å². The van der Waals surface area contributed by atoms with Crippen molar-refractivity contribution in [2.45, 2.75) is 6.54 Å². The zero-order valence-electron chi connectivity index (χ0n) is 11.2. The summed E-state index contributed by atoms with van der Waals surface area (Å²) in [6, 6.07) is 16.3. The van der Waals surface area contributed by atoms with Crippen molar-refractivity contribution in [2.24, 2.45) is 0 Å². The number of nitrogens with zero attached hydrogens (tertiary/aromatic N) is 2. The average Bonchev–Trinajstić information content (AvgIpc) is 2.54. The molecule has 0 amide bonds. The smallest absolute Gasteiger partial charge is 0.140 e. The molecule has 3 nitrogen and oxygen atoms in total. The molecule has 0 unspecified atom stereocenters. The third-order valence-electron chi connectivity index (χ3n) is 3.24. The summed E-state index contributed by atoms with van der Waals surface area (Å²) in [5.74, 6) is -0.492. The molecule has 102 valence electrons. The zero-order valence-corrected chi connectivity index (χ0v) is 11.2. The Morgan fingerprint density at radius 2 is 2.00 bits per heavy atom. The minimum absolute atomic E-state index is 0.0611. The highest BCUT2D eigenvalue weighted by Crippen LogP contribution is 2.17. The lowest BCUT2D eigenvalue weighted by molar-refractivity contribution is 0.623. The Hall–Kier alpha value is -2.93.